The molecule has 0 spiro atoms. The normalized spacial score (nSPS) is 17.8. The number of sulfonamides is 1. The van der Waals surface area contributed by atoms with Gasteiger partial charge in [0.25, 0.3) is 5.91 Å². The lowest BCUT2D eigenvalue weighted by Gasteiger charge is -2.34. The van der Waals surface area contributed by atoms with Gasteiger partial charge in [0.05, 0.1) is 17.1 Å². The van der Waals surface area contributed by atoms with Crippen molar-refractivity contribution in [3.05, 3.63) is 45.6 Å². The summed E-state index contributed by atoms with van der Waals surface area (Å²) in [7, 11) is -3.57. The van der Waals surface area contributed by atoms with Crippen LogP contribution in [0.4, 0.5) is 0 Å². The number of ether oxygens (including phenoxy) is 1. The van der Waals surface area contributed by atoms with E-state index >= 15 is 0 Å². The molecular weight excluding hydrogens is 408 g/mol. The fraction of sp³-hybridized carbons (Fsp3) is 0.476. The summed E-state index contributed by atoms with van der Waals surface area (Å²) in [4.78, 5) is 16.4. The summed E-state index contributed by atoms with van der Waals surface area (Å²) in [5, 5.41) is 1.99. The number of fused-ring (bicyclic) bond motifs is 1. The Morgan fingerprint density at radius 1 is 1.07 bits per heavy atom. The SMILES string of the molecule is CCOc1ccc(S(=O)(=O)N2CCN(C(=O)c3csc4c3CCCC4)CC2)cc1. The number of benzene rings is 1. The number of carbonyl (C=O) groups excluding carboxylic acids is 1. The van der Waals surface area contributed by atoms with Crippen molar-refractivity contribution in [2.24, 2.45) is 0 Å². The molecule has 156 valence electrons. The summed E-state index contributed by atoms with van der Waals surface area (Å²) in [6.07, 6.45) is 4.38. The van der Waals surface area contributed by atoms with Gasteiger partial charge in [-0.3, -0.25) is 4.79 Å². The maximum absolute atomic E-state index is 13.0. The van der Waals surface area contributed by atoms with E-state index in [-0.39, 0.29) is 10.8 Å². The van der Waals surface area contributed by atoms with Gasteiger partial charge in [-0.25, -0.2) is 8.42 Å². The zero-order valence-corrected chi connectivity index (χ0v) is 18.2. The fourth-order valence-corrected chi connectivity index (χ4v) is 6.54. The molecule has 2 aromatic rings. The highest BCUT2D eigenvalue weighted by Gasteiger charge is 2.32. The second kappa shape index (κ2) is 8.45. The Labute approximate surface area is 176 Å². The van der Waals surface area contributed by atoms with Crippen LogP contribution in [0.15, 0.2) is 34.5 Å². The first kappa shape index (κ1) is 20.4. The van der Waals surface area contributed by atoms with E-state index in [1.165, 1.54) is 21.2 Å². The van der Waals surface area contributed by atoms with E-state index in [4.69, 9.17) is 4.74 Å². The number of hydrogen-bond donors (Lipinski definition) is 0. The predicted molar refractivity (Wildman–Crippen MR) is 113 cm³/mol. The average molecular weight is 435 g/mol. The van der Waals surface area contributed by atoms with Gasteiger partial charge in [-0.2, -0.15) is 4.31 Å². The number of aryl methyl sites for hydroxylation is 1. The maximum atomic E-state index is 13.0. The van der Waals surface area contributed by atoms with Gasteiger partial charge < -0.3 is 9.64 Å². The minimum atomic E-state index is -3.57. The minimum Gasteiger partial charge on any atom is -0.494 e. The summed E-state index contributed by atoms with van der Waals surface area (Å²) in [5.74, 6) is 0.698. The first-order valence-electron chi connectivity index (χ1n) is 10.1. The Hall–Kier alpha value is -1.90. The monoisotopic (exact) mass is 434 g/mol. The molecule has 1 aromatic carbocycles. The Kier molecular flexibility index (Phi) is 5.94. The average Bonchev–Trinajstić information content (AvgIpc) is 3.18. The van der Waals surface area contributed by atoms with Gasteiger partial charge in [0.15, 0.2) is 0 Å². The van der Waals surface area contributed by atoms with Crippen LogP contribution in [0.2, 0.25) is 0 Å². The van der Waals surface area contributed by atoms with Gasteiger partial charge in [-0.05, 0) is 62.4 Å². The molecule has 1 amide bonds. The molecule has 29 heavy (non-hydrogen) atoms. The molecule has 0 N–H and O–H groups in total. The zero-order chi connectivity index (χ0) is 20.4. The van der Waals surface area contributed by atoms with Crippen molar-refractivity contribution in [2.45, 2.75) is 37.5 Å². The van der Waals surface area contributed by atoms with Crippen LogP contribution in [-0.2, 0) is 22.9 Å². The summed E-state index contributed by atoms with van der Waals surface area (Å²) >= 11 is 1.69. The highest BCUT2D eigenvalue weighted by atomic mass is 32.2. The van der Waals surface area contributed by atoms with E-state index in [1.54, 1.807) is 40.5 Å². The van der Waals surface area contributed by atoms with E-state index < -0.39 is 10.0 Å². The lowest BCUT2D eigenvalue weighted by atomic mass is 9.95. The number of hydrogen-bond acceptors (Lipinski definition) is 5. The molecule has 2 aliphatic rings. The van der Waals surface area contributed by atoms with E-state index in [0.29, 0.717) is 38.5 Å². The number of amides is 1. The van der Waals surface area contributed by atoms with Gasteiger partial charge >= 0.3 is 0 Å². The standard InChI is InChI=1S/C21H26N2O4S2/c1-2-27-16-7-9-17(10-8-16)29(25,26)23-13-11-22(12-14-23)21(24)19-15-28-20-6-4-3-5-18(19)20/h7-10,15H,2-6,11-14H2,1H3. The van der Waals surface area contributed by atoms with Crippen LogP contribution in [0.1, 0.15) is 40.6 Å². The number of rotatable bonds is 5. The van der Waals surface area contributed by atoms with Crippen LogP contribution in [0.3, 0.4) is 0 Å². The number of carbonyl (C=O) groups is 1. The fourth-order valence-electron chi connectivity index (χ4n) is 4.00. The van der Waals surface area contributed by atoms with E-state index in [0.717, 1.165) is 24.8 Å². The van der Waals surface area contributed by atoms with Gasteiger partial charge in [0.2, 0.25) is 10.0 Å². The molecule has 0 bridgehead atoms. The lowest BCUT2D eigenvalue weighted by Crippen LogP contribution is -2.50. The Morgan fingerprint density at radius 2 is 1.76 bits per heavy atom. The third-order valence-corrected chi connectivity index (χ3v) is 8.59. The van der Waals surface area contributed by atoms with Crippen molar-refractivity contribution < 1.29 is 17.9 Å². The number of piperazine rings is 1. The predicted octanol–water partition coefficient (Wildman–Crippen LogP) is 3.17. The largest absolute Gasteiger partial charge is 0.494 e. The molecule has 2 heterocycles. The summed E-state index contributed by atoms with van der Waals surface area (Å²) in [5.41, 5.74) is 2.04. The molecule has 0 unspecified atom stereocenters. The van der Waals surface area contributed by atoms with Crippen LogP contribution >= 0.6 is 11.3 Å². The minimum absolute atomic E-state index is 0.0440. The molecule has 1 saturated heterocycles. The molecule has 6 nitrogen and oxygen atoms in total. The number of thiophene rings is 1. The molecule has 0 saturated carbocycles. The third kappa shape index (κ3) is 4.06. The van der Waals surface area contributed by atoms with Crippen LogP contribution < -0.4 is 4.74 Å². The Bertz CT molecular complexity index is 975. The molecule has 1 aliphatic heterocycles. The molecule has 0 atom stereocenters. The second-order valence-electron chi connectivity index (χ2n) is 7.36. The Balaban J connectivity index is 1.42. The van der Waals surface area contributed by atoms with Crippen molar-refractivity contribution in [2.75, 3.05) is 32.8 Å². The highest BCUT2D eigenvalue weighted by Crippen LogP contribution is 2.31. The van der Waals surface area contributed by atoms with Crippen LogP contribution in [0.25, 0.3) is 0 Å². The molecule has 1 aromatic heterocycles. The molecule has 0 radical (unpaired) electrons. The van der Waals surface area contributed by atoms with E-state index in [2.05, 4.69) is 0 Å². The highest BCUT2D eigenvalue weighted by molar-refractivity contribution is 7.89. The lowest BCUT2D eigenvalue weighted by molar-refractivity contribution is 0.0697. The maximum Gasteiger partial charge on any atom is 0.255 e. The van der Waals surface area contributed by atoms with Crippen molar-refractivity contribution in [1.29, 1.82) is 0 Å². The molecule has 1 aliphatic carbocycles. The van der Waals surface area contributed by atoms with Crippen LogP contribution in [0.5, 0.6) is 5.75 Å². The van der Waals surface area contributed by atoms with Crippen molar-refractivity contribution in [3.63, 3.8) is 0 Å². The van der Waals surface area contributed by atoms with Crippen LogP contribution in [0, 0.1) is 0 Å². The summed E-state index contributed by atoms with van der Waals surface area (Å²) in [6.45, 7) is 3.88. The first-order valence-corrected chi connectivity index (χ1v) is 12.4. The van der Waals surface area contributed by atoms with Crippen molar-refractivity contribution >= 4 is 27.3 Å². The molecular formula is C21H26N2O4S2. The Morgan fingerprint density at radius 3 is 2.45 bits per heavy atom. The summed E-state index contributed by atoms with van der Waals surface area (Å²) in [6, 6.07) is 6.51. The molecule has 4 rings (SSSR count). The van der Waals surface area contributed by atoms with Gasteiger partial charge in [-0.1, -0.05) is 0 Å². The van der Waals surface area contributed by atoms with Crippen molar-refractivity contribution in [1.82, 2.24) is 9.21 Å². The number of nitrogens with zero attached hydrogens (tertiary/aromatic N) is 2. The molecule has 8 heteroatoms. The van der Waals surface area contributed by atoms with E-state index in [9.17, 15) is 13.2 Å². The quantitative estimate of drug-likeness (QED) is 0.725. The smallest absolute Gasteiger partial charge is 0.255 e. The third-order valence-electron chi connectivity index (χ3n) is 5.59. The first-order chi connectivity index (χ1) is 14.0. The van der Waals surface area contributed by atoms with E-state index in [1.807, 2.05) is 12.3 Å². The molecule has 1 fully saturated rings. The van der Waals surface area contributed by atoms with Crippen molar-refractivity contribution in [3.8, 4) is 5.75 Å². The van der Waals surface area contributed by atoms with Crippen LogP contribution in [-0.4, -0.2) is 56.3 Å². The van der Waals surface area contributed by atoms with Gasteiger partial charge in [0.1, 0.15) is 5.75 Å². The summed E-state index contributed by atoms with van der Waals surface area (Å²) < 4.78 is 32.7. The second-order valence-corrected chi connectivity index (χ2v) is 10.3. The zero-order valence-electron chi connectivity index (χ0n) is 16.6. The van der Waals surface area contributed by atoms with Gasteiger partial charge in [-0.15, -0.1) is 11.3 Å². The topological polar surface area (TPSA) is 66.9 Å². The van der Waals surface area contributed by atoms with Gasteiger partial charge in [0, 0.05) is 36.4 Å².